The Morgan fingerprint density at radius 3 is 2.62 bits per heavy atom. The quantitative estimate of drug-likeness (QED) is 0.560. The SMILES string of the molecule is Cc1cc(Cl)ccc1OC(=O)C1CC(=O)N(c2ccc(Br)cc2)C1. The van der Waals surface area contributed by atoms with Crippen molar-refractivity contribution in [2.24, 2.45) is 5.92 Å². The molecule has 2 aromatic rings. The van der Waals surface area contributed by atoms with E-state index >= 15 is 0 Å². The third-order valence-electron chi connectivity index (χ3n) is 3.94. The standard InChI is InChI=1S/C18H15BrClNO3/c1-11-8-14(20)4-7-16(11)24-18(23)12-9-17(22)21(10-12)15-5-2-13(19)3-6-15/h2-8,12H,9-10H2,1H3. The van der Waals surface area contributed by atoms with Crippen molar-refractivity contribution in [2.45, 2.75) is 13.3 Å². The minimum absolute atomic E-state index is 0.0768. The van der Waals surface area contributed by atoms with Crippen LogP contribution in [0.2, 0.25) is 5.02 Å². The van der Waals surface area contributed by atoms with E-state index in [-0.39, 0.29) is 12.3 Å². The van der Waals surface area contributed by atoms with E-state index in [2.05, 4.69) is 15.9 Å². The number of esters is 1. The summed E-state index contributed by atoms with van der Waals surface area (Å²) in [5.41, 5.74) is 1.56. The lowest BCUT2D eigenvalue weighted by Gasteiger charge is -2.16. The maximum Gasteiger partial charge on any atom is 0.316 e. The molecular weight excluding hydrogens is 394 g/mol. The zero-order chi connectivity index (χ0) is 17.3. The van der Waals surface area contributed by atoms with Gasteiger partial charge in [-0.1, -0.05) is 27.5 Å². The van der Waals surface area contributed by atoms with Crippen LogP contribution in [0.25, 0.3) is 0 Å². The van der Waals surface area contributed by atoms with Crippen molar-refractivity contribution in [3.8, 4) is 5.75 Å². The van der Waals surface area contributed by atoms with Crippen LogP contribution in [0, 0.1) is 12.8 Å². The van der Waals surface area contributed by atoms with Gasteiger partial charge in [-0.25, -0.2) is 0 Å². The number of rotatable bonds is 3. The monoisotopic (exact) mass is 407 g/mol. The number of anilines is 1. The highest BCUT2D eigenvalue weighted by molar-refractivity contribution is 9.10. The molecule has 24 heavy (non-hydrogen) atoms. The van der Waals surface area contributed by atoms with Gasteiger partial charge in [0, 0.05) is 28.1 Å². The number of nitrogens with zero attached hydrogens (tertiary/aromatic N) is 1. The second-order valence-electron chi connectivity index (χ2n) is 5.71. The number of aryl methyl sites for hydroxylation is 1. The van der Waals surface area contributed by atoms with Crippen LogP contribution in [0.3, 0.4) is 0 Å². The first-order valence-electron chi connectivity index (χ1n) is 7.48. The zero-order valence-electron chi connectivity index (χ0n) is 13.0. The van der Waals surface area contributed by atoms with Crippen LogP contribution in [-0.4, -0.2) is 18.4 Å². The molecule has 0 aromatic heterocycles. The fourth-order valence-electron chi connectivity index (χ4n) is 2.66. The molecule has 1 aliphatic rings. The molecule has 1 aliphatic heterocycles. The van der Waals surface area contributed by atoms with E-state index in [0.29, 0.717) is 17.3 Å². The number of ether oxygens (including phenoxy) is 1. The van der Waals surface area contributed by atoms with Gasteiger partial charge in [0.15, 0.2) is 0 Å². The lowest BCUT2D eigenvalue weighted by molar-refractivity contribution is -0.139. The van der Waals surface area contributed by atoms with Crippen molar-refractivity contribution in [1.82, 2.24) is 0 Å². The van der Waals surface area contributed by atoms with Gasteiger partial charge >= 0.3 is 5.97 Å². The minimum Gasteiger partial charge on any atom is -0.426 e. The average molecular weight is 409 g/mol. The van der Waals surface area contributed by atoms with E-state index < -0.39 is 11.9 Å². The summed E-state index contributed by atoms with van der Waals surface area (Å²) >= 11 is 9.27. The first-order chi connectivity index (χ1) is 11.4. The first-order valence-corrected chi connectivity index (χ1v) is 8.65. The maximum atomic E-state index is 12.4. The summed E-state index contributed by atoms with van der Waals surface area (Å²) in [5.74, 6) is -0.476. The highest BCUT2D eigenvalue weighted by Gasteiger charge is 2.36. The molecule has 1 unspecified atom stereocenters. The number of benzene rings is 2. The lowest BCUT2D eigenvalue weighted by atomic mass is 10.1. The molecule has 1 fully saturated rings. The van der Waals surface area contributed by atoms with Gasteiger partial charge in [0.2, 0.25) is 5.91 Å². The predicted molar refractivity (Wildman–Crippen MR) is 96.4 cm³/mol. The summed E-state index contributed by atoms with van der Waals surface area (Å²) in [6.45, 7) is 2.15. The smallest absolute Gasteiger partial charge is 0.316 e. The zero-order valence-corrected chi connectivity index (χ0v) is 15.3. The van der Waals surface area contributed by atoms with Crippen LogP contribution in [-0.2, 0) is 9.59 Å². The molecule has 124 valence electrons. The Hall–Kier alpha value is -1.85. The molecule has 1 heterocycles. The van der Waals surface area contributed by atoms with E-state index in [4.69, 9.17) is 16.3 Å². The van der Waals surface area contributed by atoms with Gasteiger partial charge in [0.25, 0.3) is 0 Å². The first kappa shape index (κ1) is 17.0. The molecule has 6 heteroatoms. The van der Waals surface area contributed by atoms with E-state index in [1.54, 1.807) is 23.1 Å². The molecule has 1 amide bonds. The Labute approximate surface area is 153 Å². The molecule has 1 atom stereocenters. The van der Waals surface area contributed by atoms with Gasteiger partial charge in [-0.05, 0) is 55.0 Å². The van der Waals surface area contributed by atoms with Crippen LogP contribution in [0.15, 0.2) is 46.9 Å². The van der Waals surface area contributed by atoms with Crippen molar-refractivity contribution in [3.63, 3.8) is 0 Å². The maximum absolute atomic E-state index is 12.4. The predicted octanol–water partition coefficient (Wildman–Crippen LogP) is 4.37. The number of hydrogen-bond donors (Lipinski definition) is 0. The molecule has 0 saturated carbocycles. The van der Waals surface area contributed by atoms with E-state index in [9.17, 15) is 9.59 Å². The van der Waals surface area contributed by atoms with E-state index in [1.165, 1.54) is 0 Å². The number of hydrogen-bond acceptors (Lipinski definition) is 3. The Balaban J connectivity index is 1.70. The van der Waals surface area contributed by atoms with Crippen LogP contribution in [0.1, 0.15) is 12.0 Å². The number of amides is 1. The molecule has 2 aromatic carbocycles. The van der Waals surface area contributed by atoms with Gasteiger partial charge in [0.05, 0.1) is 5.92 Å². The second kappa shape index (κ2) is 6.95. The van der Waals surface area contributed by atoms with Gasteiger partial charge in [0.1, 0.15) is 5.75 Å². The molecule has 1 saturated heterocycles. The number of halogens is 2. The Kier molecular flexibility index (Phi) is 4.92. The van der Waals surface area contributed by atoms with Gasteiger partial charge in [-0.15, -0.1) is 0 Å². The van der Waals surface area contributed by atoms with Crippen molar-refractivity contribution in [2.75, 3.05) is 11.4 Å². The number of carbonyl (C=O) groups is 2. The van der Waals surface area contributed by atoms with E-state index in [1.807, 2.05) is 31.2 Å². The molecule has 4 nitrogen and oxygen atoms in total. The summed E-state index contributed by atoms with van der Waals surface area (Å²) in [7, 11) is 0. The Morgan fingerprint density at radius 1 is 1.25 bits per heavy atom. The highest BCUT2D eigenvalue weighted by Crippen LogP contribution is 2.28. The van der Waals surface area contributed by atoms with Gasteiger partial charge in [-0.3, -0.25) is 9.59 Å². The third kappa shape index (κ3) is 3.62. The van der Waals surface area contributed by atoms with Crippen molar-refractivity contribution in [3.05, 3.63) is 57.5 Å². The summed E-state index contributed by atoms with van der Waals surface area (Å²) in [4.78, 5) is 26.2. The fraction of sp³-hybridized carbons (Fsp3) is 0.222. The fourth-order valence-corrected chi connectivity index (χ4v) is 3.15. The molecular formula is C18H15BrClNO3. The third-order valence-corrected chi connectivity index (χ3v) is 4.71. The molecule has 0 aliphatic carbocycles. The average Bonchev–Trinajstić information content (AvgIpc) is 2.93. The van der Waals surface area contributed by atoms with Crippen LogP contribution < -0.4 is 9.64 Å². The van der Waals surface area contributed by atoms with E-state index in [0.717, 1.165) is 15.7 Å². The Bertz CT molecular complexity index is 791. The molecule has 0 N–H and O–H groups in total. The van der Waals surface area contributed by atoms with Gasteiger partial charge < -0.3 is 9.64 Å². The van der Waals surface area contributed by atoms with Gasteiger partial charge in [-0.2, -0.15) is 0 Å². The van der Waals surface area contributed by atoms with Crippen LogP contribution >= 0.6 is 27.5 Å². The second-order valence-corrected chi connectivity index (χ2v) is 7.06. The summed E-state index contributed by atoms with van der Waals surface area (Å²) in [6.07, 6.45) is 0.154. The summed E-state index contributed by atoms with van der Waals surface area (Å²) < 4.78 is 6.39. The largest absolute Gasteiger partial charge is 0.426 e. The summed E-state index contributed by atoms with van der Waals surface area (Å²) in [6, 6.07) is 12.5. The minimum atomic E-state index is -0.476. The number of carbonyl (C=O) groups excluding carboxylic acids is 2. The molecule has 0 radical (unpaired) electrons. The summed E-state index contributed by atoms with van der Waals surface area (Å²) in [5, 5.41) is 0.588. The molecule has 3 rings (SSSR count). The van der Waals surface area contributed by atoms with Crippen LogP contribution in [0.4, 0.5) is 5.69 Å². The highest BCUT2D eigenvalue weighted by atomic mass is 79.9. The van der Waals surface area contributed by atoms with Crippen molar-refractivity contribution in [1.29, 1.82) is 0 Å². The van der Waals surface area contributed by atoms with Crippen molar-refractivity contribution >= 4 is 45.1 Å². The molecule has 0 spiro atoms. The molecule has 0 bridgehead atoms. The van der Waals surface area contributed by atoms with Crippen LogP contribution in [0.5, 0.6) is 5.75 Å². The normalized spacial score (nSPS) is 17.2. The Morgan fingerprint density at radius 2 is 1.96 bits per heavy atom. The van der Waals surface area contributed by atoms with Crippen molar-refractivity contribution < 1.29 is 14.3 Å². The topological polar surface area (TPSA) is 46.6 Å². The lowest BCUT2D eigenvalue weighted by Crippen LogP contribution is -2.27.